The summed E-state index contributed by atoms with van der Waals surface area (Å²) in [5, 5.41) is 11.1. The zero-order valence-corrected chi connectivity index (χ0v) is 10.7. The number of Topliss-reactive ketones (excluding diaryl/α,β-unsaturated/α-hetero) is 1. The molecule has 1 amide bonds. The number of aliphatic carboxylic acids is 1. The highest BCUT2D eigenvalue weighted by molar-refractivity contribution is 5.91. The van der Waals surface area contributed by atoms with Gasteiger partial charge in [0.05, 0.1) is 12.5 Å². The molecule has 0 aromatic rings. The first-order valence-electron chi connectivity index (χ1n) is 5.91. The molecule has 2 N–H and O–H groups in total. The molecule has 17 heavy (non-hydrogen) atoms. The molecule has 0 unspecified atom stereocenters. The number of carbonyl (C=O) groups excluding carboxylic acids is 2. The van der Waals surface area contributed by atoms with E-state index in [1.807, 2.05) is 6.92 Å². The summed E-state index contributed by atoms with van der Waals surface area (Å²) >= 11 is 0. The van der Waals surface area contributed by atoms with Gasteiger partial charge in [0.2, 0.25) is 5.91 Å². The summed E-state index contributed by atoms with van der Waals surface area (Å²) in [7, 11) is 0. The van der Waals surface area contributed by atoms with Gasteiger partial charge in [-0.3, -0.25) is 14.4 Å². The lowest BCUT2D eigenvalue weighted by Crippen LogP contribution is -2.43. The molecule has 0 radical (unpaired) electrons. The van der Waals surface area contributed by atoms with Crippen LogP contribution in [0.4, 0.5) is 0 Å². The van der Waals surface area contributed by atoms with Gasteiger partial charge in [0.15, 0.2) is 5.78 Å². The third-order valence-electron chi connectivity index (χ3n) is 2.62. The Bertz CT molecular complexity index is 288. The summed E-state index contributed by atoms with van der Waals surface area (Å²) in [6.07, 6.45) is 2.34. The molecule has 0 aromatic heterocycles. The Hall–Kier alpha value is -1.39. The van der Waals surface area contributed by atoms with Gasteiger partial charge in [-0.1, -0.05) is 26.7 Å². The topological polar surface area (TPSA) is 83.5 Å². The first kappa shape index (κ1) is 15.6. The van der Waals surface area contributed by atoms with Crippen molar-refractivity contribution in [2.75, 3.05) is 0 Å². The zero-order valence-electron chi connectivity index (χ0n) is 10.7. The second-order valence-corrected chi connectivity index (χ2v) is 4.31. The Morgan fingerprint density at radius 1 is 1.29 bits per heavy atom. The fourth-order valence-corrected chi connectivity index (χ4v) is 1.43. The Labute approximate surface area is 102 Å². The average molecular weight is 243 g/mol. The Morgan fingerprint density at radius 2 is 1.88 bits per heavy atom. The normalized spacial score (nSPS) is 13.8. The minimum atomic E-state index is -1.09. The van der Waals surface area contributed by atoms with Gasteiger partial charge in [-0.2, -0.15) is 0 Å². The van der Waals surface area contributed by atoms with Crippen LogP contribution < -0.4 is 5.32 Å². The molecular weight excluding hydrogens is 222 g/mol. The Balaban J connectivity index is 4.29. The van der Waals surface area contributed by atoms with Crippen molar-refractivity contribution in [3.8, 4) is 0 Å². The van der Waals surface area contributed by atoms with E-state index in [-0.39, 0.29) is 24.0 Å². The minimum absolute atomic E-state index is 0.189. The van der Waals surface area contributed by atoms with E-state index in [2.05, 4.69) is 5.32 Å². The highest BCUT2D eigenvalue weighted by atomic mass is 16.4. The number of rotatable bonds is 8. The van der Waals surface area contributed by atoms with E-state index in [9.17, 15) is 14.4 Å². The maximum absolute atomic E-state index is 11.7. The molecule has 0 aromatic carbocycles. The number of carbonyl (C=O) groups is 3. The van der Waals surface area contributed by atoms with Crippen molar-refractivity contribution in [1.29, 1.82) is 0 Å². The Kier molecular flexibility index (Phi) is 7.18. The molecule has 5 nitrogen and oxygen atoms in total. The van der Waals surface area contributed by atoms with Gasteiger partial charge in [-0.15, -0.1) is 0 Å². The highest BCUT2D eigenvalue weighted by Crippen LogP contribution is 2.08. The van der Waals surface area contributed by atoms with Crippen LogP contribution in [0.15, 0.2) is 0 Å². The molecule has 0 heterocycles. The van der Waals surface area contributed by atoms with Gasteiger partial charge >= 0.3 is 5.97 Å². The van der Waals surface area contributed by atoms with E-state index in [1.165, 1.54) is 6.92 Å². The number of carboxylic acids is 1. The van der Waals surface area contributed by atoms with Crippen LogP contribution in [-0.2, 0) is 14.4 Å². The third kappa shape index (κ3) is 6.71. The van der Waals surface area contributed by atoms with Crippen molar-refractivity contribution < 1.29 is 19.5 Å². The quantitative estimate of drug-likeness (QED) is 0.674. The van der Waals surface area contributed by atoms with Gasteiger partial charge in [0.25, 0.3) is 0 Å². The van der Waals surface area contributed by atoms with Crippen molar-refractivity contribution in [1.82, 2.24) is 5.32 Å². The fourth-order valence-electron chi connectivity index (χ4n) is 1.43. The van der Waals surface area contributed by atoms with Crippen LogP contribution in [0.2, 0.25) is 0 Å². The molecule has 98 valence electrons. The molecule has 0 rings (SSSR count). The first-order chi connectivity index (χ1) is 7.88. The number of carboxylic acid groups (broad SMARTS) is 1. The molecule has 0 aliphatic heterocycles. The maximum Gasteiger partial charge on any atom is 0.305 e. The highest BCUT2D eigenvalue weighted by Gasteiger charge is 2.22. The van der Waals surface area contributed by atoms with E-state index >= 15 is 0 Å². The van der Waals surface area contributed by atoms with E-state index < -0.39 is 12.0 Å². The summed E-state index contributed by atoms with van der Waals surface area (Å²) in [4.78, 5) is 33.4. The summed E-state index contributed by atoms with van der Waals surface area (Å²) in [5.74, 6) is -1.86. The predicted molar refractivity (Wildman–Crippen MR) is 63.6 cm³/mol. The number of ketones is 1. The summed E-state index contributed by atoms with van der Waals surface area (Å²) in [6.45, 7) is 5.10. The van der Waals surface area contributed by atoms with Crippen molar-refractivity contribution in [3.05, 3.63) is 0 Å². The number of unbranched alkanes of at least 4 members (excludes halogenated alkanes) is 1. The molecule has 0 spiro atoms. The van der Waals surface area contributed by atoms with Gasteiger partial charge in [-0.25, -0.2) is 0 Å². The van der Waals surface area contributed by atoms with Gasteiger partial charge < -0.3 is 10.4 Å². The molecular formula is C12H21NO4. The molecule has 2 atom stereocenters. The monoisotopic (exact) mass is 243 g/mol. The first-order valence-corrected chi connectivity index (χ1v) is 5.91. The fraction of sp³-hybridized carbons (Fsp3) is 0.750. The third-order valence-corrected chi connectivity index (χ3v) is 2.62. The summed E-state index contributed by atoms with van der Waals surface area (Å²) in [5.41, 5.74) is 0. The number of amides is 1. The van der Waals surface area contributed by atoms with Crippen LogP contribution in [0.3, 0.4) is 0 Å². The second kappa shape index (κ2) is 7.81. The number of hydrogen-bond acceptors (Lipinski definition) is 3. The molecule has 0 bridgehead atoms. The second-order valence-electron chi connectivity index (χ2n) is 4.31. The van der Waals surface area contributed by atoms with Crippen LogP contribution in [0, 0.1) is 5.92 Å². The van der Waals surface area contributed by atoms with Crippen LogP contribution in [0.1, 0.15) is 46.5 Å². The van der Waals surface area contributed by atoms with E-state index in [0.29, 0.717) is 0 Å². The van der Waals surface area contributed by atoms with Crippen molar-refractivity contribution in [3.63, 3.8) is 0 Å². The minimum Gasteiger partial charge on any atom is -0.481 e. The average Bonchev–Trinajstić information content (AvgIpc) is 2.23. The summed E-state index contributed by atoms with van der Waals surface area (Å²) < 4.78 is 0. The van der Waals surface area contributed by atoms with E-state index in [1.54, 1.807) is 6.92 Å². The Morgan fingerprint density at radius 3 is 2.29 bits per heavy atom. The SMILES string of the molecule is CCCC[C@H](C)C(=O)N[C@@H](CC(=O)O)C(C)=O. The van der Waals surface area contributed by atoms with Gasteiger partial charge in [-0.05, 0) is 13.3 Å². The molecule has 0 aliphatic carbocycles. The molecule has 0 fully saturated rings. The van der Waals surface area contributed by atoms with E-state index in [0.717, 1.165) is 19.3 Å². The van der Waals surface area contributed by atoms with Crippen molar-refractivity contribution in [2.24, 2.45) is 5.92 Å². The van der Waals surface area contributed by atoms with Gasteiger partial charge in [0.1, 0.15) is 0 Å². The van der Waals surface area contributed by atoms with Crippen molar-refractivity contribution >= 4 is 17.7 Å². The molecule has 5 heteroatoms. The van der Waals surface area contributed by atoms with Gasteiger partial charge in [0, 0.05) is 5.92 Å². The summed E-state index contributed by atoms with van der Waals surface area (Å²) in [6, 6.07) is -0.913. The van der Waals surface area contributed by atoms with Crippen LogP contribution >= 0.6 is 0 Å². The largest absolute Gasteiger partial charge is 0.481 e. The molecule has 0 saturated heterocycles. The number of hydrogen-bond donors (Lipinski definition) is 2. The van der Waals surface area contributed by atoms with Crippen LogP contribution in [0.5, 0.6) is 0 Å². The zero-order chi connectivity index (χ0) is 13.4. The van der Waals surface area contributed by atoms with E-state index in [4.69, 9.17) is 5.11 Å². The molecule has 0 saturated carbocycles. The number of nitrogens with one attached hydrogen (secondary N) is 1. The van der Waals surface area contributed by atoms with Crippen LogP contribution in [0.25, 0.3) is 0 Å². The lowest BCUT2D eigenvalue weighted by Gasteiger charge is -2.17. The van der Waals surface area contributed by atoms with Crippen LogP contribution in [-0.4, -0.2) is 28.8 Å². The maximum atomic E-state index is 11.7. The lowest BCUT2D eigenvalue weighted by molar-refractivity contribution is -0.140. The lowest BCUT2D eigenvalue weighted by atomic mass is 10.0. The predicted octanol–water partition coefficient (Wildman–Crippen LogP) is 1.36. The standard InChI is InChI=1S/C12H21NO4/c1-4-5-6-8(2)12(17)13-10(9(3)14)7-11(15)16/h8,10H,4-7H2,1-3H3,(H,13,17)(H,15,16)/t8-,10-/m0/s1. The molecule has 0 aliphatic rings. The van der Waals surface area contributed by atoms with Crippen molar-refractivity contribution in [2.45, 2.75) is 52.5 Å². The smallest absolute Gasteiger partial charge is 0.305 e.